The molecule has 2 aromatic rings. The molecule has 12 heteroatoms. The summed E-state index contributed by atoms with van der Waals surface area (Å²) in [6.07, 6.45) is 3.71. The summed E-state index contributed by atoms with van der Waals surface area (Å²) in [5.74, 6) is -0.429. The number of aromatic nitrogens is 1. The van der Waals surface area contributed by atoms with Gasteiger partial charge in [-0.25, -0.2) is 9.37 Å². The number of amidine groups is 1. The molecule has 212 valence electrons. The Hall–Kier alpha value is -3.02. The van der Waals surface area contributed by atoms with Crippen molar-refractivity contribution in [3.63, 3.8) is 0 Å². The van der Waals surface area contributed by atoms with Gasteiger partial charge >= 0.3 is 0 Å². The van der Waals surface area contributed by atoms with E-state index in [1.54, 1.807) is 28.8 Å². The first-order chi connectivity index (χ1) is 18.9. The van der Waals surface area contributed by atoms with Crippen LogP contribution in [0.25, 0.3) is 0 Å². The quantitative estimate of drug-likeness (QED) is 0.477. The van der Waals surface area contributed by atoms with Crippen LogP contribution in [0.15, 0.2) is 54.2 Å². The maximum atomic E-state index is 14.3. The lowest BCUT2D eigenvalue weighted by Gasteiger charge is -2.25. The van der Waals surface area contributed by atoms with Crippen molar-refractivity contribution < 1.29 is 23.1 Å². The highest BCUT2D eigenvalue weighted by molar-refractivity contribution is 8.14. The molecule has 0 radical (unpaired) electrons. The molecule has 3 N–H and O–H groups in total. The molecule has 1 aliphatic carbocycles. The Morgan fingerprint density at radius 2 is 1.92 bits per heavy atom. The van der Waals surface area contributed by atoms with E-state index in [4.69, 9.17) is 22.1 Å². The molecule has 3 heterocycles. The maximum Gasteiger partial charge on any atom is 0.274 e. The third-order valence-corrected chi connectivity index (χ3v) is 7.17. The number of hydrogen-bond acceptors (Lipinski definition) is 7. The Balaban J connectivity index is 0.000000320. The van der Waals surface area contributed by atoms with E-state index < -0.39 is 0 Å². The summed E-state index contributed by atoms with van der Waals surface area (Å²) in [7, 11) is 0.500. The number of anilines is 1. The van der Waals surface area contributed by atoms with E-state index in [-0.39, 0.29) is 29.4 Å². The zero-order chi connectivity index (χ0) is 28.9. The summed E-state index contributed by atoms with van der Waals surface area (Å²) in [5, 5.41) is 4.08. The van der Waals surface area contributed by atoms with Crippen LogP contribution >= 0.6 is 23.4 Å². The number of morpholine rings is 1. The van der Waals surface area contributed by atoms with Gasteiger partial charge in [0.1, 0.15) is 11.5 Å². The molecule has 8 nitrogen and oxygen atoms in total. The largest absolute Gasteiger partial charge is 0.379 e. The van der Waals surface area contributed by atoms with E-state index in [2.05, 4.69) is 21.9 Å². The standard InChI is InChI=1S/C17H14ClFN4OS.C7H11NO2.C2H6.CH3F/c18-8-1-4-13(21-7-8)16(24)22-9-2-3-12(19)10(5-9)15-11-6-14(11)25-17(20)23-15;1-2-7(9)8-3-5-10-6-4-8;2*1-2/h1-5,7,11,14-15H,6H2,(H2,20,23)(H,22,24);2H,1,3-6H2;1-2H3;1H3. The normalized spacial score (nSPS) is 20.6. The average molecular weight is 582 g/mol. The number of fused-ring (bicyclic) bond motifs is 1. The number of ether oxygens (including phenoxy) is 1. The maximum absolute atomic E-state index is 14.3. The Morgan fingerprint density at radius 3 is 2.54 bits per heavy atom. The highest BCUT2D eigenvalue weighted by Crippen LogP contribution is 2.54. The summed E-state index contributed by atoms with van der Waals surface area (Å²) in [5.41, 5.74) is 7.01. The van der Waals surface area contributed by atoms with Crippen LogP contribution in [0.2, 0.25) is 5.02 Å². The lowest BCUT2D eigenvalue weighted by Crippen LogP contribution is -2.39. The Kier molecular flexibility index (Phi) is 13.3. The highest BCUT2D eigenvalue weighted by atomic mass is 35.5. The summed E-state index contributed by atoms with van der Waals surface area (Å²) in [6, 6.07) is 7.30. The Labute approximate surface area is 237 Å². The van der Waals surface area contributed by atoms with Crippen molar-refractivity contribution in [3.05, 3.63) is 71.3 Å². The van der Waals surface area contributed by atoms with E-state index in [0.29, 0.717) is 66.1 Å². The molecular formula is C27H34ClF2N5O3S. The van der Waals surface area contributed by atoms with Crippen molar-refractivity contribution in [2.24, 2.45) is 16.6 Å². The summed E-state index contributed by atoms with van der Waals surface area (Å²) >= 11 is 7.32. The second kappa shape index (κ2) is 16.2. The molecule has 2 amide bonds. The van der Waals surface area contributed by atoms with Gasteiger partial charge in [-0.1, -0.05) is 43.8 Å². The van der Waals surface area contributed by atoms with Gasteiger partial charge in [0, 0.05) is 35.8 Å². The van der Waals surface area contributed by atoms with Gasteiger partial charge in [0.2, 0.25) is 5.91 Å². The Bertz CT molecular complexity index is 1150. The van der Waals surface area contributed by atoms with E-state index >= 15 is 0 Å². The third kappa shape index (κ3) is 9.29. The van der Waals surface area contributed by atoms with Crippen LogP contribution < -0.4 is 11.1 Å². The molecule has 3 aliphatic rings. The number of thioether (sulfide) groups is 1. The molecule has 3 unspecified atom stereocenters. The number of halogens is 3. The summed E-state index contributed by atoms with van der Waals surface area (Å²) in [6.45, 7) is 10.1. The van der Waals surface area contributed by atoms with Crippen LogP contribution in [-0.2, 0) is 9.53 Å². The topological polar surface area (TPSA) is 110 Å². The minimum Gasteiger partial charge on any atom is -0.379 e. The van der Waals surface area contributed by atoms with Gasteiger partial charge in [-0.2, -0.15) is 0 Å². The number of amides is 2. The number of rotatable bonds is 4. The zero-order valence-electron chi connectivity index (χ0n) is 22.2. The van der Waals surface area contributed by atoms with Crippen LogP contribution in [0.1, 0.15) is 42.4 Å². The first kappa shape index (κ1) is 32.2. The smallest absolute Gasteiger partial charge is 0.274 e. The minimum absolute atomic E-state index is 0.00306. The molecule has 3 atom stereocenters. The number of alkyl halides is 1. The Morgan fingerprint density at radius 1 is 1.23 bits per heavy atom. The lowest BCUT2D eigenvalue weighted by atomic mass is 10.0. The van der Waals surface area contributed by atoms with Crippen molar-refractivity contribution in [1.29, 1.82) is 0 Å². The van der Waals surface area contributed by atoms with Gasteiger partial charge in [0.15, 0.2) is 5.17 Å². The summed E-state index contributed by atoms with van der Waals surface area (Å²) in [4.78, 5) is 33.3. The number of nitrogens with one attached hydrogen (secondary N) is 1. The zero-order valence-corrected chi connectivity index (χ0v) is 23.8. The SMILES string of the molecule is C=CC(=O)N1CCOCC1.CC.CF.NC1=NC(c2cc(NC(=O)c3ccc(Cl)cn3)ccc2F)C2CC2S1. The number of pyridine rings is 1. The molecule has 1 aromatic carbocycles. The first-order valence-corrected chi connectivity index (χ1v) is 13.7. The second-order valence-electron chi connectivity index (χ2n) is 8.16. The van der Waals surface area contributed by atoms with Crippen LogP contribution in [0.3, 0.4) is 0 Å². The molecule has 0 bridgehead atoms. The van der Waals surface area contributed by atoms with E-state index in [1.807, 2.05) is 13.8 Å². The lowest BCUT2D eigenvalue weighted by molar-refractivity contribution is -0.129. The monoisotopic (exact) mass is 581 g/mol. The molecule has 1 aromatic heterocycles. The van der Waals surface area contributed by atoms with Gasteiger partial charge in [-0.3, -0.25) is 19.0 Å². The molecule has 5 rings (SSSR count). The third-order valence-electron chi connectivity index (χ3n) is 5.75. The van der Waals surface area contributed by atoms with Crippen molar-refractivity contribution >= 4 is 46.0 Å². The van der Waals surface area contributed by atoms with Crippen LogP contribution in [0.5, 0.6) is 0 Å². The van der Waals surface area contributed by atoms with Crippen molar-refractivity contribution in [3.8, 4) is 0 Å². The average Bonchev–Trinajstić information content (AvgIpc) is 3.76. The molecule has 1 saturated carbocycles. The molecule has 0 spiro atoms. The van der Waals surface area contributed by atoms with Crippen LogP contribution in [0, 0.1) is 11.7 Å². The number of nitrogens with two attached hydrogens (primary N) is 1. The second-order valence-corrected chi connectivity index (χ2v) is 9.86. The van der Waals surface area contributed by atoms with E-state index in [0.717, 1.165) is 6.42 Å². The van der Waals surface area contributed by atoms with Gasteiger partial charge in [-0.05, 0) is 48.7 Å². The van der Waals surface area contributed by atoms with Gasteiger partial charge in [0.05, 0.1) is 31.5 Å². The number of aliphatic imine (C=N–C) groups is 1. The summed E-state index contributed by atoms with van der Waals surface area (Å²) < 4.78 is 28.9. The minimum atomic E-state index is -0.388. The van der Waals surface area contributed by atoms with E-state index in [1.165, 1.54) is 30.5 Å². The molecule has 2 aliphatic heterocycles. The predicted molar refractivity (Wildman–Crippen MR) is 153 cm³/mol. The molecule has 2 fully saturated rings. The van der Waals surface area contributed by atoms with E-state index in [9.17, 15) is 18.4 Å². The number of carbonyl (C=O) groups is 2. The fourth-order valence-corrected chi connectivity index (χ4v) is 5.08. The first-order valence-electron chi connectivity index (χ1n) is 12.4. The predicted octanol–water partition coefficient (Wildman–Crippen LogP) is 5.26. The van der Waals surface area contributed by atoms with Crippen molar-refractivity contribution in [2.45, 2.75) is 31.6 Å². The van der Waals surface area contributed by atoms with Crippen molar-refractivity contribution in [1.82, 2.24) is 9.88 Å². The number of hydrogen-bond donors (Lipinski definition) is 2. The molecule has 39 heavy (non-hydrogen) atoms. The van der Waals surface area contributed by atoms with Gasteiger partial charge < -0.3 is 20.7 Å². The van der Waals surface area contributed by atoms with Crippen LogP contribution in [-0.4, -0.2) is 65.6 Å². The molecular weight excluding hydrogens is 548 g/mol. The van der Waals surface area contributed by atoms with Crippen molar-refractivity contribution in [2.75, 3.05) is 38.8 Å². The van der Waals surface area contributed by atoms with Gasteiger partial charge in [-0.15, -0.1) is 0 Å². The number of carbonyl (C=O) groups excluding carboxylic acids is 2. The van der Waals surface area contributed by atoms with Crippen LogP contribution in [0.4, 0.5) is 14.5 Å². The number of benzene rings is 1. The fraction of sp³-hybridized carbons (Fsp3) is 0.407. The number of nitrogens with zero attached hydrogens (tertiary/aromatic N) is 3. The van der Waals surface area contributed by atoms with Gasteiger partial charge in [0.25, 0.3) is 5.91 Å². The fourth-order valence-electron chi connectivity index (χ4n) is 3.84. The highest BCUT2D eigenvalue weighted by Gasteiger charge is 2.48. The molecule has 1 saturated heterocycles.